The summed E-state index contributed by atoms with van der Waals surface area (Å²) in [5, 5.41) is 0.386. The average molecular weight is 484 g/mol. The van der Waals surface area contributed by atoms with Gasteiger partial charge in [-0.2, -0.15) is 13.2 Å². The van der Waals surface area contributed by atoms with Crippen LogP contribution in [0, 0.1) is 0 Å². The first-order valence-corrected chi connectivity index (χ1v) is 9.47. The molecule has 0 fully saturated rings. The second-order valence-electron chi connectivity index (χ2n) is 6.19. The van der Waals surface area contributed by atoms with Gasteiger partial charge in [0.2, 0.25) is 0 Å². The molecule has 0 saturated heterocycles. The fraction of sp³-hybridized carbons (Fsp3) is 0.105. The lowest BCUT2D eigenvalue weighted by molar-refractivity contribution is -0.141. The summed E-state index contributed by atoms with van der Waals surface area (Å²) in [5.41, 5.74) is 0.250. The van der Waals surface area contributed by atoms with Crippen LogP contribution in [0.15, 0.2) is 64.1 Å². The van der Waals surface area contributed by atoms with Crippen molar-refractivity contribution in [1.29, 1.82) is 0 Å². The van der Waals surface area contributed by atoms with E-state index in [-0.39, 0.29) is 11.2 Å². The van der Waals surface area contributed by atoms with Crippen molar-refractivity contribution >= 4 is 38.7 Å². The normalized spacial score (nSPS) is 11.9. The zero-order valence-corrected chi connectivity index (χ0v) is 16.8. The van der Waals surface area contributed by atoms with Crippen LogP contribution in [0.5, 0.6) is 0 Å². The maximum atomic E-state index is 12.8. The van der Waals surface area contributed by atoms with E-state index in [0.717, 1.165) is 10.8 Å². The molecule has 0 atom stereocenters. The quantitative estimate of drug-likeness (QED) is 0.401. The Bertz CT molecular complexity index is 1270. The van der Waals surface area contributed by atoms with Crippen LogP contribution in [-0.4, -0.2) is 25.3 Å². The highest BCUT2D eigenvalue weighted by Crippen LogP contribution is 2.31. The minimum Gasteiger partial charge on any atom is -0.288 e. The van der Waals surface area contributed by atoms with Crippen LogP contribution in [0.3, 0.4) is 0 Å². The Morgan fingerprint density at radius 2 is 1.76 bits per heavy atom. The second kappa shape index (κ2) is 7.31. The molecule has 2 heterocycles. The van der Waals surface area contributed by atoms with Crippen LogP contribution in [-0.2, 0) is 6.54 Å². The van der Waals surface area contributed by atoms with Crippen molar-refractivity contribution in [2.45, 2.75) is 12.7 Å². The summed E-state index contributed by atoms with van der Waals surface area (Å²) in [6, 6.07) is 14.0. The van der Waals surface area contributed by atoms with Crippen molar-refractivity contribution in [3.8, 4) is 17.1 Å². The summed E-state index contributed by atoms with van der Waals surface area (Å²) < 4.78 is 41.3. The molecule has 0 radical (unpaired) electrons. The molecular formula is C19H11BrClF3N4O. The Labute approximate surface area is 175 Å². The number of alkyl halides is 3. The maximum Gasteiger partial charge on any atom is 0.406 e. The van der Waals surface area contributed by atoms with E-state index in [0.29, 0.717) is 26.7 Å². The largest absolute Gasteiger partial charge is 0.406 e. The van der Waals surface area contributed by atoms with Crippen LogP contribution >= 0.6 is 27.5 Å². The number of imidazole rings is 1. The van der Waals surface area contributed by atoms with Gasteiger partial charge in [0.15, 0.2) is 11.2 Å². The van der Waals surface area contributed by atoms with Crippen LogP contribution in [0.1, 0.15) is 0 Å². The van der Waals surface area contributed by atoms with Gasteiger partial charge in [-0.3, -0.25) is 13.9 Å². The molecule has 0 unspecified atom stereocenters. The number of nitrogens with zero attached hydrogens (tertiary/aromatic N) is 4. The number of aromatic nitrogens is 4. The van der Waals surface area contributed by atoms with Crippen molar-refractivity contribution < 1.29 is 13.2 Å². The van der Waals surface area contributed by atoms with E-state index in [1.54, 1.807) is 53.1 Å². The Balaban J connectivity index is 2.04. The SMILES string of the molecule is O=c1c2nc(-c3ccccc3Cl)n(-c3ccc(Br)cc3)c2ncn1CC(F)(F)F. The summed E-state index contributed by atoms with van der Waals surface area (Å²) in [6.07, 6.45) is -3.68. The van der Waals surface area contributed by atoms with E-state index in [9.17, 15) is 18.0 Å². The molecular weight excluding hydrogens is 473 g/mol. The van der Waals surface area contributed by atoms with Crippen LogP contribution < -0.4 is 5.56 Å². The van der Waals surface area contributed by atoms with Crippen molar-refractivity contribution in [3.05, 3.63) is 74.7 Å². The molecule has 148 valence electrons. The minimum atomic E-state index is -4.56. The van der Waals surface area contributed by atoms with Gasteiger partial charge >= 0.3 is 6.18 Å². The highest BCUT2D eigenvalue weighted by atomic mass is 79.9. The molecule has 2 aromatic heterocycles. The second-order valence-corrected chi connectivity index (χ2v) is 7.51. The molecule has 0 aliphatic heterocycles. The molecule has 0 amide bonds. The average Bonchev–Trinajstić information content (AvgIpc) is 3.04. The Morgan fingerprint density at radius 3 is 2.41 bits per heavy atom. The fourth-order valence-electron chi connectivity index (χ4n) is 2.95. The Hall–Kier alpha value is -2.65. The van der Waals surface area contributed by atoms with Crippen LogP contribution in [0.2, 0.25) is 5.02 Å². The van der Waals surface area contributed by atoms with E-state index in [2.05, 4.69) is 25.9 Å². The van der Waals surface area contributed by atoms with Gasteiger partial charge < -0.3 is 0 Å². The molecule has 0 N–H and O–H groups in total. The molecule has 5 nitrogen and oxygen atoms in total. The van der Waals surface area contributed by atoms with Gasteiger partial charge in [-0.05, 0) is 36.4 Å². The summed E-state index contributed by atoms with van der Waals surface area (Å²) >= 11 is 9.68. The molecule has 4 rings (SSSR count). The monoisotopic (exact) mass is 482 g/mol. The highest BCUT2D eigenvalue weighted by Gasteiger charge is 2.29. The lowest BCUT2D eigenvalue weighted by Crippen LogP contribution is -2.28. The van der Waals surface area contributed by atoms with Gasteiger partial charge in [-0.25, -0.2) is 9.97 Å². The predicted molar refractivity (Wildman–Crippen MR) is 107 cm³/mol. The highest BCUT2D eigenvalue weighted by molar-refractivity contribution is 9.10. The predicted octanol–water partition coefficient (Wildman–Crippen LogP) is 5.23. The number of benzene rings is 2. The lowest BCUT2D eigenvalue weighted by Gasteiger charge is -2.11. The zero-order chi connectivity index (χ0) is 20.8. The number of fused-ring (bicyclic) bond motifs is 1. The summed E-state index contributed by atoms with van der Waals surface area (Å²) in [6.45, 7) is -1.44. The zero-order valence-electron chi connectivity index (χ0n) is 14.5. The summed E-state index contributed by atoms with van der Waals surface area (Å²) in [7, 11) is 0. The number of hydrogen-bond donors (Lipinski definition) is 0. The Morgan fingerprint density at radius 1 is 1.07 bits per heavy atom. The number of rotatable bonds is 3. The molecule has 2 aromatic carbocycles. The van der Waals surface area contributed by atoms with E-state index in [1.807, 2.05) is 0 Å². The molecule has 0 saturated carbocycles. The first kappa shape index (κ1) is 19.7. The van der Waals surface area contributed by atoms with Crippen LogP contribution in [0.25, 0.3) is 28.2 Å². The van der Waals surface area contributed by atoms with Crippen molar-refractivity contribution in [2.75, 3.05) is 0 Å². The summed E-state index contributed by atoms with van der Waals surface area (Å²) in [5.74, 6) is 0.308. The summed E-state index contributed by atoms with van der Waals surface area (Å²) in [4.78, 5) is 21.1. The third kappa shape index (κ3) is 3.79. The van der Waals surface area contributed by atoms with Gasteiger partial charge in [-0.1, -0.05) is 39.7 Å². The van der Waals surface area contributed by atoms with E-state index in [4.69, 9.17) is 11.6 Å². The minimum absolute atomic E-state index is 0.144. The van der Waals surface area contributed by atoms with Gasteiger partial charge in [0.25, 0.3) is 5.56 Å². The van der Waals surface area contributed by atoms with Gasteiger partial charge in [0.1, 0.15) is 18.7 Å². The van der Waals surface area contributed by atoms with E-state index >= 15 is 0 Å². The fourth-order valence-corrected chi connectivity index (χ4v) is 3.44. The number of hydrogen-bond acceptors (Lipinski definition) is 3. The first-order chi connectivity index (χ1) is 13.7. The maximum absolute atomic E-state index is 12.8. The third-order valence-electron chi connectivity index (χ3n) is 4.19. The molecule has 0 aliphatic carbocycles. The molecule has 4 aromatic rings. The molecule has 10 heteroatoms. The van der Waals surface area contributed by atoms with E-state index in [1.165, 1.54) is 0 Å². The smallest absolute Gasteiger partial charge is 0.288 e. The molecule has 29 heavy (non-hydrogen) atoms. The van der Waals surface area contributed by atoms with Gasteiger partial charge in [0, 0.05) is 15.7 Å². The number of halogens is 5. The first-order valence-electron chi connectivity index (χ1n) is 8.30. The molecule has 0 spiro atoms. The van der Waals surface area contributed by atoms with Crippen molar-refractivity contribution in [3.63, 3.8) is 0 Å². The van der Waals surface area contributed by atoms with Gasteiger partial charge in [0.05, 0.1) is 5.02 Å². The Kier molecular flexibility index (Phi) is 4.95. The van der Waals surface area contributed by atoms with Crippen molar-refractivity contribution in [2.24, 2.45) is 0 Å². The lowest BCUT2D eigenvalue weighted by atomic mass is 10.2. The van der Waals surface area contributed by atoms with Crippen molar-refractivity contribution in [1.82, 2.24) is 19.1 Å². The third-order valence-corrected chi connectivity index (χ3v) is 5.04. The standard InChI is InChI=1S/C19H11BrClF3N4O/c20-11-5-7-12(8-6-11)28-16(13-3-1-2-4-14(13)21)26-15-17(28)25-10-27(18(15)29)9-19(22,23)24/h1-8,10H,9H2. The molecule has 0 aliphatic rings. The molecule has 0 bridgehead atoms. The topological polar surface area (TPSA) is 52.7 Å². The van der Waals surface area contributed by atoms with Crippen LogP contribution in [0.4, 0.5) is 13.2 Å². The van der Waals surface area contributed by atoms with Gasteiger partial charge in [-0.15, -0.1) is 0 Å². The van der Waals surface area contributed by atoms with E-state index < -0.39 is 18.3 Å².